The summed E-state index contributed by atoms with van der Waals surface area (Å²) < 4.78 is 39.3. The Hall–Kier alpha value is -1.07. The van der Waals surface area contributed by atoms with E-state index in [-0.39, 0.29) is 0 Å². The number of hydrogen-bond donors (Lipinski definition) is 1. The molecule has 0 aromatic heterocycles. The first-order valence-corrected chi connectivity index (χ1v) is 6.07. The highest BCUT2D eigenvalue weighted by Gasteiger charge is 2.66. The van der Waals surface area contributed by atoms with Crippen LogP contribution in [0.25, 0.3) is 0 Å². The average Bonchev–Trinajstić information content (AvgIpc) is 2.19. The van der Waals surface area contributed by atoms with Gasteiger partial charge in [0.15, 0.2) is 0 Å². The van der Waals surface area contributed by atoms with E-state index in [4.69, 9.17) is 0 Å². The van der Waals surface area contributed by atoms with Crippen LogP contribution >= 0.6 is 0 Å². The molecule has 0 radical (unpaired) electrons. The van der Waals surface area contributed by atoms with Crippen molar-refractivity contribution in [1.29, 1.82) is 0 Å². The molecule has 0 saturated carbocycles. The van der Waals surface area contributed by atoms with E-state index in [0.717, 1.165) is 5.56 Å². The minimum Gasteiger partial charge on any atom is -0.315 e. The number of alkyl halides is 3. The van der Waals surface area contributed by atoms with Gasteiger partial charge in [0, 0.05) is 31.6 Å². The first-order chi connectivity index (χ1) is 8.51. The van der Waals surface area contributed by atoms with Gasteiger partial charge >= 0.3 is 6.18 Å². The minimum absolute atomic E-state index is 0.382. The monoisotopic (exact) mass is 256 g/mol. The molecule has 5 heteroatoms. The molecule has 2 heterocycles. The van der Waals surface area contributed by atoms with E-state index >= 15 is 0 Å². The summed E-state index contributed by atoms with van der Waals surface area (Å²) in [6.45, 7) is 1.90. The summed E-state index contributed by atoms with van der Waals surface area (Å²) in [7, 11) is 0. The molecule has 1 unspecified atom stereocenters. The number of halogens is 3. The molecule has 2 nitrogen and oxygen atoms in total. The fraction of sp³-hybridized carbons (Fsp3) is 0.538. The highest BCUT2D eigenvalue weighted by Crippen LogP contribution is 2.49. The lowest BCUT2D eigenvalue weighted by Gasteiger charge is -2.62. The summed E-state index contributed by atoms with van der Waals surface area (Å²) in [5, 5.41) is 2.96. The smallest absolute Gasteiger partial charge is 0.315 e. The molecule has 1 aromatic carbocycles. The van der Waals surface area contributed by atoms with Crippen LogP contribution in [-0.4, -0.2) is 36.8 Å². The van der Waals surface area contributed by atoms with Crippen molar-refractivity contribution in [3.63, 3.8) is 0 Å². The van der Waals surface area contributed by atoms with Crippen molar-refractivity contribution < 1.29 is 13.2 Å². The van der Waals surface area contributed by atoms with Gasteiger partial charge in [0.05, 0.1) is 0 Å². The number of likely N-dealkylation sites (tertiary alicyclic amines) is 1. The van der Waals surface area contributed by atoms with Crippen LogP contribution in [0, 0.1) is 5.41 Å². The third-order valence-electron chi connectivity index (χ3n) is 3.96. The molecular formula is C13H15F3N2. The summed E-state index contributed by atoms with van der Waals surface area (Å²) in [5.74, 6) is 0. The Morgan fingerprint density at radius 1 is 1.22 bits per heavy atom. The van der Waals surface area contributed by atoms with Crippen LogP contribution in [0.1, 0.15) is 5.56 Å². The third-order valence-corrected chi connectivity index (χ3v) is 3.96. The molecule has 2 saturated heterocycles. The first-order valence-electron chi connectivity index (χ1n) is 6.07. The van der Waals surface area contributed by atoms with E-state index in [1.54, 1.807) is 0 Å². The van der Waals surface area contributed by atoms with Crippen LogP contribution in [0.2, 0.25) is 0 Å². The SMILES string of the molecule is FC(F)(F)C1N(Cc2ccccc2)CC12CNC2. The van der Waals surface area contributed by atoms with Gasteiger partial charge < -0.3 is 5.32 Å². The first kappa shape index (κ1) is 12.0. The van der Waals surface area contributed by atoms with E-state index < -0.39 is 17.6 Å². The van der Waals surface area contributed by atoms with Crippen molar-refractivity contribution in [2.75, 3.05) is 19.6 Å². The van der Waals surface area contributed by atoms with Gasteiger partial charge in [0.2, 0.25) is 0 Å². The van der Waals surface area contributed by atoms with Gasteiger partial charge in [-0.1, -0.05) is 30.3 Å². The zero-order valence-electron chi connectivity index (χ0n) is 9.87. The molecule has 1 N–H and O–H groups in total. The van der Waals surface area contributed by atoms with Crippen LogP contribution < -0.4 is 5.32 Å². The van der Waals surface area contributed by atoms with Crippen LogP contribution in [0.4, 0.5) is 13.2 Å². The lowest BCUT2D eigenvalue weighted by atomic mass is 9.66. The van der Waals surface area contributed by atoms with Crippen molar-refractivity contribution in [1.82, 2.24) is 10.2 Å². The van der Waals surface area contributed by atoms with Gasteiger partial charge in [-0.2, -0.15) is 13.2 Å². The van der Waals surface area contributed by atoms with Gasteiger partial charge in [-0.05, 0) is 5.56 Å². The summed E-state index contributed by atoms with van der Waals surface area (Å²) in [5.41, 5.74) is 0.376. The molecule has 18 heavy (non-hydrogen) atoms. The molecule has 0 bridgehead atoms. The molecule has 0 amide bonds. The van der Waals surface area contributed by atoms with E-state index in [9.17, 15) is 13.2 Å². The Balaban J connectivity index is 1.74. The standard InChI is InChI=1S/C13H15F3N2/c14-13(15,16)11-12(7-17-8-12)9-18(11)6-10-4-2-1-3-5-10/h1-5,11,17H,6-9H2. The molecule has 98 valence electrons. The van der Waals surface area contributed by atoms with Crippen molar-refractivity contribution in [3.05, 3.63) is 35.9 Å². The molecule has 1 atom stereocenters. The topological polar surface area (TPSA) is 15.3 Å². The Morgan fingerprint density at radius 2 is 1.89 bits per heavy atom. The number of rotatable bonds is 2. The van der Waals surface area contributed by atoms with Crippen molar-refractivity contribution in [2.45, 2.75) is 18.8 Å². The maximum atomic E-state index is 13.1. The maximum absolute atomic E-state index is 13.1. The van der Waals surface area contributed by atoms with Crippen LogP contribution in [0.5, 0.6) is 0 Å². The maximum Gasteiger partial charge on any atom is 0.404 e. The fourth-order valence-corrected chi connectivity index (χ4v) is 3.13. The molecule has 2 aliphatic heterocycles. The summed E-state index contributed by atoms with van der Waals surface area (Å²) >= 11 is 0. The van der Waals surface area contributed by atoms with Crippen LogP contribution in [0.15, 0.2) is 30.3 Å². The van der Waals surface area contributed by atoms with Crippen molar-refractivity contribution in [2.24, 2.45) is 5.41 Å². The van der Waals surface area contributed by atoms with E-state index in [1.165, 1.54) is 4.90 Å². The Kier molecular flexibility index (Phi) is 2.64. The Morgan fingerprint density at radius 3 is 2.39 bits per heavy atom. The largest absolute Gasteiger partial charge is 0.404 e. The second kappa shape index (κ2) is 3.96. The molecule has 3 rings (SSSR count). The predicted molar refractivity (Wildman–Crippen MR) is 62.0 cm³/mol. The Bertz CT molecular complexity index is 426. The quantitative estimate of drug-likeness (QED) is 0.871. The predicted octanol–water partition coefficient (Wildman–Crippen LogP) is 2.02. The number of nitrogens with zero attached hydrogens (tertiary/aromatic N) is 1. The van der Waals surface area contributed by atoms with E-state index in [2.05, 4.69) is 5.32 Å². The second-order valence-corrected chi connectivity index (χ2v) is 5.30. The van der Waals surface area contributed by atoms with E-state index in [1.807, 2.05) is 30.3 Å². The zero-order chi connectivity index (χ0) is 12.8. The normalized spacial score (nSPS) is 26.7. The molecule has 1 spiro atoms. The van der Waals surface area contributed by atoms with Gasteiger partial charge in [-0.15, -0.1) is 0 Å². The van der Waals surface area contributed by atoms with Crippen molar-refractivity contribution in [3.8, 4) is 0 Å². The lowest BCUT2D eigenvalue weighted by Crippen LogP contribution is -2.79. The van der Waals surface area contributed by atoms with Gasteiger partial charge in [0.1, 0.15) is 6.04 Å². The highest BCUT2D eigenvalue weighted by atomic mass is 19.4. The summed E-state index contributed by atoms with van der Waals surface area (Å²) in [4.78, 5) is 1.54. The minimum atomic E-state index is -4.13. The van der Waals surface area contributed by atoms with Gasteiger partial charge in [-0.3, -0.25) is 4.90 Å². The molecule has 2 aliphatic rings. The second-order valence-electron chi connectivity index (χ2n) is 5.30. The Labute approximate surface area is 104 Å². The molecule has 0 aliphatic carbocycles. The lowest BCUT2D eigenvalue weighted by molar-refractivity contribution is -0.275. The van der Waals surface area contributed by atoms with Crippen LogP contribution in [-0.2, 0) is 6.54 Å². The molecule has 1 aromatic rings. The number of hydrogen-bond acceptors (Lipinski definition) is 2. The van der Waals surface area contributed by atoms with Crippen LogP contribution in [0.3, 0.4) is 0 Å². The fourth-order valence-electron chi connectivity index (χ4n) is 3.13. The average molecular weight is 256 g/mol. The number of benzene rings is 1. The summed E-state index contributed by atoms with van der Waals surface area (Å²) in [6, 6.07) is 8.05. The third kappa shape index (κ3) is 1.82. The molecular weight excluding hydrogens is 241 g/mol. The van der Waals surface area contributed by atoms with Crippen molar-refractivity contribution >= 4 is 0 Å². The van der Waals surface area contributed by atoms with E-state index in [0.29, 0.717) is 26.2 Å². The van der Waals surface area contributed by atoms with Gasteiger partial charge in [-0.25, -0.2) is 0 Å². The zero-order valence-corrected chi connectivity index (χ0v) is 9.87. The van der Waals surface area contributed by atoms with Gasteiger partial charge in [0.25, 0.3) is 0 Å². The number of nitrogens with one attached hydrogen (secondary N) is 1. The summed E-state index contributed by atoms with van der Waals surface area (Å²) in [6.07, 6.45) is -4.13. The molecule has 2 fully saturated rings. The highest BCUT2D eigenvalue weighted by molar-refractivity contribution is 5.19.